The molecule has 9 aliphatic rings. The van der Waals surface area contributed by atoms with Crippen LogP contribution in [0.1, 0.15) is 146 Å². The van der Waals surface area contributed by atoms with Crippen LogP contribution in [0.4, 0.5) is 44.6 Å². The van der Waals surface area contributed by atoms with Gasteiger partial charge in [-0.15, -0.1) is 0 Å². The molecule has 0 saturated carbocycles. The fourth-order valence-electron chi connectivity index (χ4n) is 14.5. The maximum absolute atomic E-state index is 14.6. The number of amides is 12. The molecule has 9 aliphatic heterocycles. The van der Waals surface area contributed by atoms with E-state index < -0.39 is 88.7 Å². The van der Waals surface area contributed by atoms with E-state index in [2.05, 4.69) is 31.9 Å². The molecular formula is C81H87F3N12O18. The van der Waals surface area contributed by atoms with E-state index in [9.17, 15) is 70.7 Å². The molecule has 114 heavy (non-hydrogen) atoms. The van der Waals surface area contributed by atoms with Gasteiger partial charge in [0.1, 0.15) is 92.4 Å². The van der Waals surface area contributed by atoms with Crippen LogP contribution in [0.25, 0.3) is 0 Å². The minimum absolute atomic E-state index is 0.00420. The molecule has 0 spiro atoms. The molecule has 600 valence electrons. The number of likely N-dealkylation sites (tertiary alicyclic amines) is 3. The van der Waals surface area contributed by atoms with E-state index in [1.54, 1.807) is 87.5 Å². The Morgan fingerprint density at radius 2 is 0.658 bits per heavy atom. The summed E-state index contributed by atoms with van der Waals surface area (Å²) in [4.78, 5) is 156. The molecule has 30 nitrogen and oxygen atoms in total. The number of fused-ring (bicyclic) bond motifs is 3. The third-order valence-electron chi connectivity index (χ3n) is 20.5. The van der Waals surface area contributed by atoms with Gasteiger partial charge in [-0.05, 0) is 149 Å². The van der Waals surface area contributed by atoms with Crippen molar-refractivity contribution in [2.24, 2.45) is 0 Å². The number of nitrogens with zero attached hydrogens (tertiary/aromatic N) is 6. The number of nitrogens with one attached hydrogen (secondary N) is 6. The predicted octanol–water partition coefficient (Wildman–Crippen LogP) is 8.43. The first kappa shape index (κ1) is 75.6. The van der Waals surface area contributed by atoms with Crippen molar-refractivity contribution < 1.29 is 103 Å². The van der Waals surface area contributed by atoms with E-state index in [0.29, 0.717) is 124 Å². The van der Waals surface area contributed by atoms with Crippen LogP contribution < -0.4 is 46.1 Å². The Bertz CT molecular complexity index is 4420. The predicted molar refractivity (Wildman–Crippen MR) is 402 cm³/mol. The zero-order valence-corrected chi connectivity index (χ0v) is 62.3. The summed E-state index contributed by atoms with van der Waals surface area (Å²) in [6, 6.07) is 22.4. The summed E-state index contributed by atoms with van der Waals surface area (Å²) in [5.74, 6) is -5.38. The van der Waals surface area contributed by atoms with Crippen molar-refractivity contribution in [1.29, 1.82) is 0 Å². The lowest BCUT2D eigenvalue weighted by atomic mass is 10.0. The lowest BCUT2D eigenvalue weighted by Gasteiger charge is -2.29. The Hall–Kier alpha value is -12.5. The summed E-state index contributed by atoms with van der Waals surface area (Å²) in [6.07, 6.45) is 4.42. The van der Waals surface area contributed by atoms with Gasteiger partial charge in [0.25, 0.3) is 17.7 Å². The maximum Gasteiger partial charge on any atom is 0.409 e. The van der Waals surface area contributed by atoms with Gasteiger partial charge in [0.05, 0.1) is 4.11 Å². The molecule has 6 N–H and O–H groups in total. The molecule has 0 aromatic heterocycles. The van der Waals surface area contributed by atoms with Crippen LogP contribution in [0.15, 0.2) is 109 Å². The van der Waals surface area contributed by atoms with Crippen LogP contribution in [-0.4, -0.2) is 198 Å². The molecule has 0 aliphatic carbocycles. The van der Waals surface area contributed by atoms with E-state index in [1.165, 1.54) is 36.4 Å². The molecule has 9 heterocycles. The van der Waals surface area contributed by atoms with Gasteiger partial charge in [0.2, 0.25) is 35.4 Å². The standard InChI is InChI=1S/3C27H29FN4O6/c3*28-21-7-6-18(37-12-13-38-27(36)31-10-1-2-11-31)14-17(21)15-29-22-5-3-4-19-20(22)16-32(26(19)35)23-8-9-24(33)30-25(23)34/h3*3-7,14,23,29H,1-2,8-13,15-16H2,(H,30,33,34)/t2*23-;/m10./s1/i3*23D. The highest BCUT2D eigenvalue weighted by Gasteiger charge is 2.43. The Morgan fingerprint density at radius 3 is 0.921 bits per heavy atom. The number of ether oxygens (including phenoxy) is 6. The first-order valence-corrected chi connectivity index (χ1v) is 37.8. The van der Waals surface area contributed by atoms with E-state index in [1.807, 2.05) is 0 Å². The van der Waals surface area contributed by atoms with Gasteiger partial charge in [0.15, 0.2) is 0 Å². The van der Waals surface area contributed by atoms with Crippen molar-refractivity contribution in [3.05, 3.63) is 177 Å². The Kier molecular flexibility index (Phi) is 24.4. The molecule has 0 bridgehead atoms. The molecule has 6 fully saturated rings. The molecule has 6 aromatic carbocycles. The summed E-state index contributed by atoms with van der Waals surface area (Å²) in [5.41, 5.74) is 5.47. The smallest absolute Gasteiger partial charge is 0.409 e. The van der Waals surface area contributed by atoms with E-state index in [-0.39, 0.29) is 136 Å². The number of anilines is 3. The molecule has 6 saturated heterocycles. The average Bonchev–Trinajstić information content (AvgIpc) is 1.63. The largest absolute Gasteiger partial charge is 0.490 e. The van der Waals surface area contributed by atoms with Crippen molar-refractivity contribution in [3.8, 4) is 17.2 Å². The number of rotatable bonds is 24. The molecule has 3 atom stereocenters. The molecule has 12 amide bonds. The number of halogens is 3. The summed E-state index contributed by atoms with van der Waals surface area (Å²) in [7, 11) is 0. The molecule has 1 unspecified atom stereocenters. The van der Waals surface area contributed by atoms with Gasteiger partial charge in [-0.2, -0.15) is 0 Å². The van der Waals surface area contributed by atoms with Crippen LogP contribution in [0.3, 0.4) is 0 Å². The Labute approximate surface area is 657 Å². The number of carbonyl (C=O) groups is 12. The van der Waals surface area contributed by atoms with Crippen LogP contribution in [0.2, 0.25) is 0 Å². The first-order valence-electron chi connectivity index (χ1n) is 39.3. The average molecular weight is 1580 g/mol. The summed E-state index contributed by atoms with van der Waals surface area (Å²) >= 11 is 0. The fraction of sp³-hybridized carbons (Fsp3) is 0.407. The minimum Gasteiger partial charge on any atom is -0.490 e. The SMILES string of the molecule is [2H]C1(N2Cc3c(NCc4cc(OCCOC(=O)N5CCCC5)ccc4F)cccc3C2=O)CCC(=O)NC1=O.[2H][C@@]1(N2Cc3c(NCc4cc(OCCOC(=O)N5CCCC5)ccc4F)cccc3C2=O)CCC(=O)NC1=O.[2H][C@]1(N2Cc3c(NCc4cc(OCCOC(=O)N5CCCC5)ccc4F)cccc3C2=O)CCC(=O)NC1=O. The molecule has 33 heteroatoms. The number of carbonyl (C=O) groups excluding carboxylic acids is 12. The maximum atomic E-state index is 14.6. The minimum atomic E-state index is -1.89. The van der Waals surface area contributed by atoms with Gasteiger partial charge >= 0.3 is 18.3 Å². The highest BCUT2D eigenvalue weighted by molar-refractivity contribution is 6.08. The van der Waals surface area contributed by atoms with Gasteiger partial charge in [-0.1, -0.05) is 18.2 Å². The summed E-state index contributed by atoms with van der Waals surface area (Å²) < 4.78 is 102. The van der Waals surface area contributed by atoms with Gasteiger partial charge in [-0.3, -0.25) is 59.1 Å². The van der Waals surface area contributed by atoms with Crippen LogP contribution in [-0.2, 0) is 82.2 Å². The zero-order valence-electron chi connectivity index (χ0n) is 65.3. The van der Waals surface area contributed by atoms with Gasteiger partial charge in [-0.25, -0.2) is 27.6 Å². The van der Waals surface area contributed by atoms with Crippen LogP contribution >= 0.6 is 0 Å². The van der Waals surface area contributed by atoms with E-state index in [0.717, 1.165) is 53.2 Å². The molecule has 15 rings (SSSR count). The van der Waals surface area contributed by atoms with Crippen molar-refractivity contribution >= 4 is 88.5 Å². The second kappa shape index (κ2) is 36.8. The quantitative estimate of drug-likeness (QED) is 0.0188. The lowest BCUT2D eigenvalue weighted by molar-refractivity contribution is -0.138. The second-order valence-corrected chi connectivity index (χ2v) is 27.9. The van der Waals surface area contributed by atoms with E-state index in [4.69, 9.17) is 32.5 Å². The van der Waals surface area contributed by atoms with Crippen LogP contribution in [0, 0.1) is 17.5 Å². The van der Waals surface area contributed by atoms with Crippen molar-refractivity contribution in [1.82, 2.24) is 45.3 Å². The highest BCUT2D eigenvalue weighted by Crippen LogP contribution is 2.37. The van der Waals surface area contributed by atoms with Crippen LogP contribution in [0.5, 0.6) is 17.2 Å². The van der Waals surface area contributed by atoms with Crippen molar-refractivity contribution in [3.63, 3.8) is 0 Å². The number of benzene rings is 6. The molecular weight excluding hydrogens is 1490 g/mol. The highest BCUT2D eigenvalue weighted by atomic mass is 19.1. The Morgan fingerprint density at radius 1 is 0.386 bits per heavy atom. The zero-order chi connectivity index (χ0) is 82.7. The normalized spacial score (nSPS) is 21.2. The molecule has 6 aromatic rings. The fourth-order valence-corrected chi connectivity index (χ4v) is 14.5. The lowest BCUT2D eigenvalue weighted by Crippen LogP contribution is -2.52. The number of imide groups is 3. The topological polar surface area (TPSA) is 352 Å². The van der Waals surface area contributed by atoms with Gasteiger partial charge < -0.3 is 73.8 Å². The van der Waals surface area contributed by atoms with E-state index >= 15 is 0 Å². The third-order valence-corrected chi connectivity index (χ3v) is 20.5. The Balaban J connectivity index is 0.000000152. The summed E-state index contributed by atoms with van der Waals surface area (Å²) in [5, 5.41) is 15.9. The summed E-state index contributed by atoms with van der Waals surface area (Å²) in [6.45, 7) is 5.04. The number of piperidine rings is 3. The van der Waals surface area contributed by atoms with Gasteiger partial charge in [0, 0.05) is 165 Å². The third kappa shape index (κ3) is 19.2. The second-order valence-electron chi connectivity index (χ2n) is 27.9. The first-order chi connectivity index (χ1) is 56.3. The van der Waals surface area contributed by atoms with Crippen molar-refractivity contribution in [2.75, 3.05) is 94.9 Å². The van der Waals surface area contributed by atoms with Crippen molar-refractivity contribution in [2.45, 2.75) is 134 Å². The molecule has 0 radical (unpaired) electrons. The monoisotopic (exact) mass is 1580 g/mol. The number of hydrogen-bond acceptors (Lipinski definition) is 21. The number of hydrogen-bond donors (Lipinski definition) is 6.